The smallest absolute Gasteiger partial charge is 0.433 e. The highest BCUT2D eigenvalue weighted by molar-refractivity contribution is 5.97. The minimum absolute atomic E-state index is 0.0238. The number of ether oxygens (including phenoxy) is 2. The van der Waals surface area contributed by atoms with Gasteiger partial charge < -0.3 is 19.3 Å². The third-order valence-corrected chi connectivity index (χ3v) is 3.80. The fraction of sp³-hybridized carbons (Fsp3) is 0.400. The molecule has 1 saturated heterocycles. The van der Waals surface area contributed by atoms with Gasteiger partial charge in [-0.25, -0.2) is 0 Å². The molecule has 0 aliphatic carbocycles. The fourth-order valence-electron chi connectivity index (χ4n) is 2.51. The topological polar surface area (TPSA) is 93.6 Å². The lowest BCUT2D eigenvalue weighted by Gasteiger charge is -2.34. The summed E-state index contributed by atoms with van der Waals surface area (Å²) in [6, 6.07) is 2.26. The normalized spacial score (nSPS) is 15.1. The third kappa shape index (κ3) is 3.99. The van der Waals surface area contributed by atoms with Crippen molar-refractivity contribution >= 4 is 17.5 Å². The van der Waals surface area contributed by atoms with Crippen LogP contribution in [0.4, 0.5) is 24.8 Å². The van der Waals surface area contributed by atoms with Gasteiger partial charge in [-0.3, -0.25) is 9.78 Å². The highest BCUT2D eigenvalue weighted by atomic mass is 19.4. The van der Waals surface area contributed by atoms with Gasteiger partial charge in [0.25, 0.3) is 0 Å². The zero-order valence-electron chi connectivity index (χ0n) is 14.4. The fourth-order valence-corrected chi connectivity index (χ4v) is 2.51. The molecule has 9 nitrogen and oxygen atoms in total. The maximum atomic E-state index is 12.8. The van der Waals surface area contributed by atoms with Crippen LogP contribution in [-0.4, -0.2) is 59.7 Å². The number of carbonyl (C=O) groups excluding carboxylic acids is 1. The number of halogens is 3. The number of pyridine rings is 1. The van der Waals surface area contributed by atoms with Gasteiger partial charge in [0.2, 0.25) is 11.9 Å². The van der Waals surface area contributed by atoms with E-state index in [-0.39, 0.29) is 36.7 Å². The molecule has 3 rings (SSSR count). The van der Waals surface area contributed by atoms with Gasteiger partial charge in [-0.1, -0.05) is 0 Å². The summed E-state index contributed by atoms with van der Waals surface area (Å²) in [6.45, 7) is 0.322. The van der Waals surface area contributed by atoms with Gasteiger partial charge in [-0.05, 0) is 12.1 Å². The van der Waals surface area contributed by atoms with E-state index in [9.17, 15) is 18.0 Å². The molecule has 1 aliphatic rings. The molecule has 0 aromatic carbocycles. The lowest BCUT2D eigenvalue weighted by atomic mass is 10.2. The van der Waals surface area contributed by atoms with Crippen LogP contribution < -0.4 is 19.3 Å². The minimum Gasteiger partial charge on any atom is -0.467 e. The molecule has 0 atom stereocenters. The SMILES string of the molecule is COc1nc(OC)nc(N2CCN(c3ccnc(C(F)(F)F)c3)C(=O)C2)n1. The van der Waals surface area contributed by atoms with Gasteiger partial charge in [-0.15, -0.1) is 4.98 Å². The predicted octanol–water partition coefficient (Wildman–Crippen LogP) is 1.16. The van der Waals surface area contributed by atoms with Crippen molar-refractivity contribution in [2.24, 2.45) is 0 Å². The number of hydrogen-bond donors (Lipinski definition) is 0. The molecule has 0 bridgehead atoms. The number of nitrogens with zero attached hydrogens (tertiary/aromatic N) is 6. The van der Waals surface area contributed by atoms with Crippen LogP contribution in [0.5, 0.6) is 12.0 Å². The second-order valence-corrected chi connectivity index (χ2v) is 5.47. The molecule has 12 heteroatoms. The molecule has 144 valence electrons. The number of alkyl halides is 3. The highest BCUT2D eigenvalue weighted by Crippen LogP contribution is 2.30. The molecule has 2 aromatic heterocycles. The van der Waals surface area contributed by atoms with E-state index in [4.69, 9.17) is 9.47 Å². The first-order valence-corrected chi connectivity index (χ1v) is 7.74. The van der Waals surface area contributed by atoms with Crippen LogP contribution in [0.25, 0.3) is 0 Å². The standard InChI is InChI=1S/C15H15F3N6O3/c1-26-13-20-12(21-14(22-13)27-2)23-5-6-24(11(25)8-23)9-3-4-19-10(7-9)15(16,17)18/h3-4,7H,5-6,8H2,1-2H3. The molecule has 0 spiro atoms. The monoisotopic (exact) mass is 384 g/mol. The Morgan fingerprint density at radius 1 is 1.07 bits per heavy atom. The van der Waals surface area contributed by atoms with E-state index in [0.717, 1.165) is 12.3 Å². The molecular formula is C15H15F3N6O3. The molecule has 2 aromatic rings. The largest absolute Gasteiger partial charge is 0.467 e. The molecule has 0 saturated carbocycles. The molecule has 1 amide bonds. The molecular weight excluding hydrogens is 369 g/mol. The summed E-state index contributed by atoms with van der Waals surface area (Å²) in [4.78, 5) is 30.7. The van der Waals surface area contributed by atoms with Gasteiger partial charge in [0.1, 0.15) is 12.2 Å². The predicted molar refractivity (Wildman–Crippen MR) is 86.7 cm³/mol. The van der Waals surface area contributed by atoms with Gasteiger partial charge in [0, 0.05) is 25.0 Å². The Hall–Kier alpha value is -3.18. The summed E-state index contributed by atoms with van der Waals surface area (Å²) in [5.74, 6) is -0.226. The van der Waals surface area contributed by atoms with E-state index in [2.05, 4.69) is 19.9 Å². The summed E-state index contributed by atoms with van der Waals surface area (Å²) in [7, 11) is 2.76. The van der Waals surface area contributed by atoms with Crippen LogP contribution in [0.15, 0.2) is 18.3 Å². The number of methoxy groups -OCH3 is 2. The van der Waals surface area contributed by atoms with E-state index in [1.165, 1.54) is 25.2 Å². The molecule has 3 heterocycles. The summed E-state index contributed by atoms with van der Waals surface area (Å²) >= 11 is 0. The van der Waals surface area contributed by atoms with Gasteiger partial charge in [0.05, 0.1) is 14.2 Å². The molecule has 27 heavy (non-hydrogen) atoms. The van der Waals surface area contributed by atoms with Crippen LogP contribution in [0.1, 0.15) is 5.69 Å². The van der Waals surface area contributed by atoms with Crippen LogP contribution in [0.3, 0.4) is 0 Å². The van der Waals surface area contributed by atoms with Crippen molar-refractivity contribution < 1.29 is 27.4 Å². The highest BCUT2D eigenvalue weighted by Gasteiger charge is 2.34. The van der Waals surface area contributed by atoms with Crippen molar-refractivity contribution in [3.05, 3.63) is 24.0 Å². The molecule has 1 aliphatic heterocycles. The lowest BCUT2D eigenvalue weighted by Crippen LogP contribution is -2.51. The Morgan fingerprint density at radius 2 is 1.74 bits per heavy atom. The molecule has 0 N–H and O–H groups in total. The number of rotatable bonds is 4. The number of aromatic nitrogens is 4. The maximum absolute atomic E-state index is 12.8. The van der Waals surface area contributed by atoms with Crippen LogP contribution >= 0.6 is 0 Å². The number of piperazine rings is 1. The first kappa shape index (κ1) is 18.6. The summed E-state index contributed by atoms with van der Waals surface area (Å²) < 4.78 is 48.5. The van der Waals surface area contributed by atoms with Crippen LogP contribution in [0, 0.1) is 0 Å². The Bertz CT molecular complexity index is 826. The van der Waals surface area contributed by atoms with Gasteiger partial charge >= 0.3 is 18.2 Å². The average molecular weight is 384 g/mol. The Morgan fingerprint density at radius 3 is 2.30 bits per heavy atom. The van der Waals surface area contributed by atoms with Gasteiger partial charge in [-0.2, -0.15) is 23.1 Å². The first-order valence-electron chi connectivity index (χ1n) is 7.74. The van der Waals surface area contributed by atoms with Crippen LogP contribution in [0.2, 0.25) is 0 Å². The Labute approximate surface area is 151 Å². The third-order valence-electron chi connectivity index (χ3n) is 3.80. The van der Waals surface area contributed by atoms with E-state index in [0.29, 0.717) is 6.54 Å². The van der Waals surface area contributed by atoms with E-state index >= 15 is 0 Å². The second kappa shape index (κ2) is 7.21. The Kier molecular flexibility index (Phi) is 4.97. The van der Waals surface area contributed by atoms with E-state index < -0.39 is 17.8 Å². The van der Waals surface area contributed by atoms with Crippen LogP contribution in [-0.2, 0) is 11.0 Å². The number of hydrogen-bond acceptors (Lipinski definition) is 8. The lowest BCUT2D eigenvalue weighted by molar-refractivity contribution is -0.141. The first-order chi connectivity index (χ1) is 12.8. The number of anilines is 2. The van der Waals surface area contributed by atoms with Crippen molar-refractivity contribution in [1.82, 2.24) is 19.9 Å². The molecule has 0 radical (unpaired) electrons. The van der Waals surface area contributed by atoms with Crippen molar-refractivity contribution in [3.63, 3.8) is 0 Å². The maximum Gasteiger partial charge on any atom is 0.433 e. The zero-order chi connectivity index (χ0) is 19.6. The van der Waals surface area contributed by atoms with E-state index in [1.807, 2.05) is 0 Å². The van der Waals surface area contributed by atoms with E-state index in [1.54, 1.807) is 4.90 Å². The van der Waals surface area contributed by atoms with Crippen molar-refractivity contribution in [1.29, 1.82) is 0 Å². The zero-order valence-corrected chi connectivity index (χ0v) is 14.4. The summed E-state index contributed by atoms with van der Waals surface area (Å²) in [5, 5.41) is 0. The average Bonchev–Trinajstić information content (AvgIpc) is 2.66. The Balaban J connectivity index is 1.80. The van der Waals surface area contributed by atoms with Crippen molar-refractivity contribution in [2.75, 3.05) is 43.7 Å². The number of amides is 1. The quantitative estimate of drug-likeness (QED) is 0.775. The van der Waals surface area contributed by atoms with Crippen molar-refractivity contribution in [2.45, 2.75) is 6.18 Å². The summed E-state index contributed by atoms with van der Waals surface area (Å²) in [6.07, 6.45) is -3.56. The van der Waals surface area contributed by atoms with Gasteiger partial charge in [0.15, 0.2) is 0 Å². The molecule has 1 fully saturated rings. The number of carbonyl (C=O) groups is 1. The second-order valence-electron chi connectivity index (χ2n) is 5.47. The minimum atomic E-state index is -4.58. The summed E-state index contributed by atoms with van der Waals surface area (Å²) in [5.41, 5.74) is -0.921. The van der Waals surface area contributed by atoms with Crippen molar-refractivity contribution in [3.8, 4) is 12.0 Å². The molecule has 0 unspecified atom stereocenters.